The Bertz CT molecular complexity index is 353. The molecule has 0 bridgehead atoms. The smallest absolute Gasteiger partial charge is 0.310 e. The lowest BCUT2D eigenvalue weighted by Gasteiger charge is -2.35. The lowest BCUT2D eigenvalue weighted by Crippen LogP contribution is -2.37. The highest BCUT2D eigenvalue weighted by Crippen LogP contribution is 2.41. The monoisotopic (exact) mass is 239 g/mol. The van der Waals surface area contributed by atoms with Crippen LogP contribution in [0.15, 0.2) is 10.9 Å². The van der Waals surface area contributed by atoms with Crippen LogP contribution < -0.4 is 0 Å². The van der Waals surface area contributed by atoms with Gasteiger partial charge < -0.3 is 5.11 Å². The highest BCUT2D eigenvalue weighted by molar-refractivity contribution is 7.07. The van der Waals surface area contributed by atoms with E-state index in [4.69, 9.17) is 0 Å². The van der Waals surface area contributed by atoms with Gasteiger partial charge in [-0.25, -0.2) is 4.98 Å². The van der Waals surface area contributed by atoms with Crippen molar-refractivity contribution in [3.8, 4) is 0 Å². The van der Waals surface area contributed by atoms with Gasteiger partial charge in [-0.05, 0) is 31.6 Å². The van der Waals surface area contributed by atoms with Gasteiger partial charge in [0.05, 0.1) is 16.6 Å². The molecule has 3 nitrogen and oxygen atoms in total. The van der Waals surface area contributed by atoms with Gasteiger partial charge in [0.25, 0.3) is 0 Å². The summed E-state index contributed by atoms with van der Waals surface area (Å²) in [7, 11) is 0. The molecular weight excluding hydrogens is 222 g/mol. The van der Waals surface area contributed by atoms with E-state index >= 15 is 0 Å². The van der Waals surface area contributed by atoms with E-state index in [0.29, 0.717) is 12.3 Å². The zero-order valence-electron chi connectivity index (χ0n) is 9.48. The van der Waals surface area contributed by atoms with Crippen molar-refractivity contribution >= 4 is 17.3 Å². The van der Waals surface area contributed by atoms with Crippen molar-refractivity contribution in [1.82, 2.24) is 4.98 Å². The first kappa shape index (κ1) is 11.6. The molecule has 0 aliphatic heterocycles. The minimum absolute atomic E-state index is 0.555. The second-order valence-corrected chi connectivity index (χ2v) is 5.64. The van der Waals surface area contributed by atoms with Crippen LogP contribution in [0.3, 0.4) is 0 Å². The van der Waals surface area contributed by atoms with E-state index in [9.17, 15) is 9.90 Å². The fourth-order valence-corrected chi connectivity index (χ4v) is 3.01. The predicted molar refractivity (Wildman–Crippen MR) is 63.5 cm³/mol. The molecule has 1 fully saturated rings. The van der Waals surface area contributed by atoms with E-state index < -0.39 is 11.4 Å². The summed E-state index contributed by atoms with van der Waals surface area (Å²) >= 11 is 1.54. The Morgan fingerprint density at radius 2 is 2.31 bits per heavy atom. The molecule has 4 heteroatoms. The maximum Gasteiger partial charge on any atom is 0.310 e. The third-order valence-corrected chi connectivity index (χ3v) is 4.32. The number of carboxylic acid groups (broad SMARTS) is 1. The number of hydrogen-bond donors (Lipinski definition) is 1. The maximum atomic E-state index is 11.5. The molecule has 0 spiro atoms. The summed E-state index contributed by atoms with van der Waals surface area (Å²) in [6, 6.07) is 0. The summed E-state index contributed by atoms with van der Waals surface area (Å²) in [6.45, 7) is 2.20. The van der Waals surface area contributed by atoms with Crippen LogP contribution in [0.25, 0.3) is 0 Å². The molecule has 0 amide bonds. The Labute approximate surface area is 99.5 Å². The molecule has 2 rings (SSSR count). The van der Waals surface area contributed by atoms with Crippen molar-refractivity contribution in [2.75, 3.05) is 0 Å². The summed E-state index contributed by atoms with van der Waals surface area (Å²) in [5.41, 5.74) is 2.15. The number of carboxylic acids is 1. The van der Waals surface area contributed by atoms with Crippen molar-refractivity contribution in [3.05, 3.63) is 16.6 Å². The number of thiazole rings is 1. The summed E-state index contributed by atoms with van der Waals surface area (Å²) in [6.07, 6.45) is 4.23. The molecule has 16 heavy (non-hydrogen) atoms. The number of carbonyl (C=O) groups is 1. The average Bonchev–Trinajstić information content (AvgIpc) is 2.74. The van der Waals surface area contributed by atoms with Gasteiger partial charge in [-0.3, -0.25) is 4.79 Å². The van der Waals surface area contributed by atoms with Crippen molar-refractivity contribution in [1.29, 1.82) is 0 Å². The van der Waals surface area contributed by atoms with Crippen molar-refractivity contribution in [2.24, 2.45) is 11.3 Å². The largest absolute Gasteiger partial charge is 0.481 e. The fraction of sp³-hybridized carbons (Fsp3) is 0.667. The van der Waals surface area contributed by atoms with Gasteiger partial charge in [0.2, 0.25) is 0 Å². The third kappa shape index (κ3) is 2.26. The van der Waals surface area contributed by atoms with Crippen LogP contribution in [0.2, 0.25) is 0 Å². The lowest BCUT2D eigenvalue weighted by atomic mass is 9.68. The second kappa shape index (κ2) is 4.53. The Kier molecular flexibility index (Phi) is 3.28. The maximum absolute atomic E-state index is 11.5. The molecular formula is C12H17NO2S. The molecule has 0 saturated heterocycles. The van der Waals surface area contributed by atoms with Crippen LogP contribution in [-0.4, -0.2) is 16.1 Å². The molecule has 1 aromatic rings. The zero-order valence-corrected chi connectivity index (χ0v) is 10.3. The van der Waals surface area contributed by atoms with E-state index in [0.717, 1.165) is 31.4 Å². The fourth-order valence-electron chi connectivity index (χ4n) is 2.45. The first-order valence-corrected chi connectivity index (χ1v) is 6.67. The molecule has 1 aliphatic rings. The molecule has 0 radical (unpaired) electrons. The summed E-state index contributed by atoms with van der Waals surface area (Å²) in [4.78, 5) is 15.7. The molecule has 1 aliphatic carbocycles. The Balaban J connectivity index is 2.13. The van der Waals surface area contributed by atoms with Gasteiger partial charge in [-0.15, -0.1) is 11.3 Å². The normalized spacial score (nSPS) is 30.2. The first-order valence-electron chi connectivity index (χ1n) is 5.73. The van der Waals surface area contributed by atoms with Crippen LogP contribution in [0.4, 0.5) is 0 Å². The SMILES string of the molecule is CC1CCC(Cc2cscn2)(C(=O)O)CC1. The highest BCUT2D eigenvalue weighted by Gasteiger charge is 2.41. The quantitative estimate of drug-likeness (QED) is 0.882. The minimum Gasteiger partial charge on any atom is -0.481 e. The standard InChI is InChI=1S/C12H17NO2S/c1-9-2-4-12(5-3-9,11(14)15)6-10-7-16-8-13-10/h7-9H,2-6H2,1H3,(H,14,15). The molecule has 0 aromatic carbocycles. The van der Waals surface area contributed by atoms with Gasteiger partial charge in [-0.2, -0.15) is 0 Å². The number of hydrogen-bond acceptors (Lipinski definition) is 3. The van der Waals surface area contributed by atoms with Crippen LogP contribution in [0, 0.1) is 11.3 Å². The summed E-state index contributed by atoms with van der Waals surface area (Å²) in [5.74, 6) is 0.0234. The lowest BCUT2D eigenvalue weighted by molar-refractivity contribution is -0.151. The summed E-state index contributed by atoms with van der Waals surface area (Å²) in [5, 5.41) is 11.4. The predicted octanol–water partition coefficient (Wildman–Crippen LogP) is 2.97. The third-order valence-electron chi connectivity index (χ3n) is 3.69. The van der Waals surface area contributed by atoms with E-state index in [2.05, 4.69) is 11.9 Å². The van der Waals surface area contributed by atoms with Crippen molar-refractivity contribution < 1.29 is 9.90 Å². The van der Waals surface area contributed by atoms with Gasteiger partial charge in [-0.1, -0.05) is 6.92 Å². The molecule has 1 saturated carbocycles. The highest BCUT2D eigenvalue weighted by atomic mass is 32.1. The average molecular weight is 239 g/mol. The van der Waals surface area contributed by atoms with Gasteiger partial charge >= 0.3 is 5.97 Å². The molecule has 88 valence electrons. The van der Waals surface area contributed by atoms with Gasteiger partial charge in [0, 0.05) is 11.8 Å². The summed E-state index contributed by atoms with van der Waals surface area (Å²) < 4.78 is 0. The Morgan fingerprint density at radius 3 is 2.81 bits per heavy atom. The van der Waals surface area contributed by atoms with E-state index in [1.54, 1.807) is 5.51 Å². The van der Waals surface area contributed by atoms with Gasteiger partial charge in [0.1, 0.15) is 0 Å². The van der Waals surface area contributed by atoms with Crippen LogP contribution >= 0.6 is 11.3 Å². The number of aromatic nitrogens is 1. The number of rotatable bonds is 3. The van der Waals surface area contributed by atoms with E-state index in [-0.39, 0.29) is 0 Å². The Hall–Kier alpha value is -0.900. The van der Waals surface area contributed by atoms with E-state index in [1.165, 1.54) is 11.3 Å². The second-order valence-electron chi connectivity index (χ2n) is 4.92. The van der Waals surface area contributed by atoms with Crippen molar-refractivity contribution in [3.63, 3.8) is 0 Å². The molecule has 0 atom stereocenters. The molecule has 1 aromatic heterocycles. The van der Waals surface area contributed by atoms with Gasteiger partial charge in [0.15, 0.2) is 0 Å². The van der Waals surface area contributed by atoms with Crippen LogP contribution in [0.1, 0.15) is 38.3 Å². The van der Waals surface area contributed by atoms with Crippen LogP contribution in [0.5, 0.6) is 0 Å². The number of nitrogens with zero attached hydrogens (tertiary/aromatic N) is 1. The van der Waals surface area contributed by atoms with Crippen LogP contribution in [-0.2, 0) is 11.2 Å². The first-order chi connectivity index (χ1) is 7.62. The topological polar surface area (TPSA) is 50.2 Å². The minimum atomic E-state index is -0.646. The Morgan fingerprint density at radius 1 is 1.62 bits per heavy atom. The van der Waals surface area contributed by atoms with Crippen molar-refractivity contribution in [2.45, 2.75) is 39.0 Å². The molecule has 1 heterocycles. The zero-order chi connectivity index (χ0) is 11.6. The number of aliphatic carboxylic acids is 1. The molecule has 0 unspecified atom stereocenters. The molecule has 1 N–H and O–H groups in total. The van der Waals surface area contributed by atoms with E-state index in [1.807, 2.05) is 5.38 Å².